The first-order valence-corrected chi connectivity index (χ1v) is 5.68. The number of rotatable bonds is 2. The fraction of sp³-hybridized carbons (Fsp3) is 0.750. The van der Waals surface area contributed by atoms with Crippen LogP contribution in [-0.4, -0.2) is 30.1 Å². The predicted molar refractivity (Wildman–Crippen MR) is 61.3 cm³/mol. The third kappa shape index (κ3) is 3.19. The van der Waals surface area contributed by atoms with Crippen LogP contribution < -0.4 is 0 Å². The maximum atomic E-state index is 3.22. The minimum Gasteiger partial charge on any atom is -0.359 e. The zero-order valence-corrected chi connectivity index (χ0v) is 9.72. The molecule has 0 amide bonds. The van der Waals surface area contributed by atoms with Crippen LogP contribution in [0, 0.1) is 0 Å². The summed E-state index contributed by atoms with van der Waals surface area (Å²) in [6, 6.07) is 0. The van der Waals surface area contributed by atoms with Gasteiger partial charge in [-0.3, -0.25) is 0 Å². The molecule has 4 heteroatoms. The van der Waals surface area contributed by atoms with E-state index in [1.807, 2.05) is 0 Å². The van der Waals surface area contributed by atoms with Crippen molar-refractivity contribution in [2.24, 2.45) is 0 Å². The van der Waals surface area contributed by atoms with Gasteiger partial charge in [0.25, 0.3) is 0 Å². The van der Waals surface area contributed by atoms with Crippen molar-refractivity contribution in [1.82, 2.24) is 9.80 Å². The summed E-state index contributed by atoms with van der Waals surface area (Å²) in [5, 5.41) is 0. The number of hydrogen-bond acceptors (Lipinski definition) is 4. The van der Waals surface area contributed by atoms with Gasteiger partial charge in [0.2, 0.25) is 0 Å². The molecular formula is C8H18N2S2. The van der Waals surface area contributed by atoms with Gasteiger partial charge < -0.3 is 9.80 Å². The van der Waals surface area contributed by atoms with Gasteiger partial charge in [0.05, 0.1) is 0 Å². The van der Waals surface area contributed by atoms with Crippen molar-refractivity contribution in [2.45, 2.75) is 25.9 Å². The molecule has 1 rings (SSSR count). The Morgan fingerprint density at radius 2 is 1.58 bits per heavy atom. The molecule has 0 bridgehead atoms. The molecule has 0 aromatic rings. The van der Waals surface area contributed by atoms with Gasteiger partial charge in [-0.1, -0.05) is 13.3 Å². The van der Waals surface area contributed by atoms with E-state index < -0.39 is 0 Å². The van der Waals surface area contributed by atoms with Crippen LogP contribution in [0.5, 0.6) is 0 Å². The molecule has 0 saturated carbocycles. The summed E-state index contributed by atoms with van der Waals surface area (Å²) in [6.07, 6.45) is 7.35. The molecule has 0 saturated heterocycles. The monoisotopic (exact) mass is 206 g/mol. The summed E-state index contributed by atoms with van der Waals surface area (Å²) in [4.78, 5) is 4.51. The minimum absolute atomic E-state index is 0.602. The van der Waals surface area contributed by atoms with Crippen LogP contribution in [0.3, 0.4) is 0 Å². The lowest BCUT2D eigenvalue weighted by Crippen LogP contribution is -2.33. The molecule has 72 valence electrons. The minimum atomic E-state index is 0.602. The summed E-state index contributed by atoms with van der Waals surface area (Å²) in [5.74, 6) is 0. The van der Waals surface area contributed by atoms with Crippen molar-refractivity contribution in [3.8, 4) is 0 Å². The van der Waals surface area contributed by atoms with Crippen LogP contribution >= 0.6 is 23.3 Å². The Morgan fingerprint density at radius 3 is 1.92 bits per heavy atom. The maximum absolute atomic E-state index is 3.22. The third-order valence-electron chi connectivity index (χ3n) is 2.02. The molecule has 0 aromatic carbocycles. The second-order valence-electron chi connectivity index (χ2n) is 2.90. The highest BCUT2D eigenvalue weighted by atomic mass is 33.1. The molecule has 0 aliphatic carbocycles. The van der Waals surface area contributed by atoms with E-state index in [0.717, 1.165) is 0 Å². The summed E-state index contributed by atoms with van der Waals surface area (Å²) in [6.45, 7) is 2.22. The van der Waals surface area contributed by atoms with E-state index in [1.165, 1.54) is 12.8 Å². The van der Waals surface area contributed by atoms with Crippen LogP contribution in [0.4, 0.5) is 0 Å². The molecule has 1 heterocycles. The second-order valence-corrected chi connectivity index (χ2v) is 2.90. The lowest BCUT2D eigenvalue weighted by Gasteiger charge is -2.26. The standard InChI is InChI=1S/C8H16N2.H2S2/c1-4-5-8-9(2)6-7-10(8)3;1-2/h6-8H,4-5H2,1-3H3;1-2H. The second kappa shape index (κ2) is 6.54. The Morgan fingerprint density at radius 1 is 1.17 bits per heavy atom. The summed E-state index contributed by atoms with van der Waals surface area (Å²) < 4.78 is 0. The zero-order chi connectivity index (χ0) is 9.56. The largest absolute Gasteiger partial charge is 0.359 e. The summed E-state index contributed by atoms with van der Waals surface area (Å²) in [7, 11) is 4.25. The van der Waals surface area contributed by atoms with E-state index in [2.05, 4.69) is 66.5 Å². The normalized spacial score (nSPS) is 16.4. The van der Waals surface area contributed by atoms with Gasteiger partial charge in [0.15, 0.2) is 0 Å². The first-order chi connectivity index (χ1) is 5.75. The Balaban J connectivity index is 0.000000561. The SMILES string of the molecule is CCCC1N(C)C=CN1C.SS. The van der Waals surface area contributed by atoms with Gasteiger partial charge in [0, 0.05) is 26.5 Å². The van der Waals surface area contributed by atoms with Gasteiger partial charge in [-0.25, -0.2) is 0 Å². The van der Waals surface area contributed by atoms with Crippen molar-refractivity contribution in [3.63, 3.8) is 0 Å². The van der Waals surface area contributed by atoms with Gasteiger partial charge in [-0.05, 0) is 6.42 Å². The molecule has 12 heavy (non-hydrogen) atoms. The molecule has 0 unspecified atom stereocenters. The Bertz CT molecular complexity index is 127. The van der Waals surface area contributed by atoms with Gasteiger partial charge in [-0.2, -0.15) is 0 Å². The van der Waals surface area contributed by atoms with Gasteiger partial charge >= 0.3 is 0 Å². The molecule has 0 radical (unpaired) electrons. The van der Waals surface area contributed by atoms with Crippen molar-refractivity contribution in [2.75, 3.05) is 14.1 Å². The van der Waals surface area contributed by atoms with E-state index in [4.69, 9.17) is 0 Å². The van der Waals surface area contributed by atoms with Crippen LogP contribution in [0.25, 0.3) is 0 Å². The highest BCUT2D eigenvalue weighted by Gasteiger charge is 2.18. The number of hydrogen-bond donors (Lipinski definition) is 2. The Kier molecular flexibility index (Phi) is 6.57. The highest BCUT2D eigenvalue weighted by Crippen LogP contribution is 2.15. The Labute approximate surface area is 85.8 Å². The van der Waals surface area contributed by atoms with Crippen molar-refractivity contribution >= 4 is 23.3 Å². The first kappa shape index (κ1) is 12.0. The number of thiol groups is 2. The molecule has 0 atom stereocenters. The van der Waals surface area contributed by atoms with Crippen LogP contribution in [0.15, 0.2) is 12.4 Å². The highest BCUT2D eigenvalue weighted by molar-refractivity contribution is 8.59. The smallest absolute Gasteiger partial charge is 0.100 e. The van der Waals surface area contributed by atoms with Gasteiger partial charge in [-0.15, -0.1) is 23.3 Å². The Hall–Kier alpha value is 0.0400. The molecule has 2 nitrogen and oxygen atoms in total. The summed E-state index contributed by atoms with van der Waals surface area (Å²) in [5.41, 5.74) is 0. The van der Waals surface area contributed by atoms with E-state index in [1.54, 1.807) is 0 Å². The van der Waals surface area contributed by atoms with Crippen LogP contribution in [0.1, 0.15) is 19.8 Å². The average Bonchev–Trinajstić information content (AvgIpc) is 2.40. The van der Waals surface area contributed by atoms with Crippen LogP contribution in [0.2, 0.25) is 0 Å². The van der Waals surface area contributed by atoms with E-state index >= 15 is 0 Å². The van der Waals surface area contributed by atoms with Crippen molar-refractivity contribution < 1.29 is 0 Å². The predicted octanol–water partition coefficient (Wildman–Crippen LogP) is 2.22. The molecule has 1 aliphatic rings. The average molecular weight is 206 g/mol. The summed E-state index contributed by atoms with van der Waals surface area (Å²) >= 11 is 6.44. The topological polar surface area (TPSA) is 6.48 Å². The molecule has 0 aromatic heterocycles. The quantitative estimate of drug-likeness (QED) is 0.528. The lowest BCUT2D eigenvalue weighted by atomic mass is 10.2. The molecular weight excluding hydrogens is 188 g/mol. The fourth-order valence-corrected chi connectivity index (χ4v) is 1.36. The van der Waals surface area contributed by atoms with Gasteiger partial charge in [0.1, 0.15) is 6.17 Å². The van der Waals surface area contributed by atoms with Crippen molar-refractivity contribution in [3.05, 3.63) is 12.4 Å². The molecule has 0 spiro atoms. The molecule has 0 fully saturated rings. The molecule has 1 aliphatic heterocycles. The van der Waals surface area contributed by atoms with Crippen molar-refractivity contribution in [1.29, 1.82) is 0 Å². The van der Waals surface area contributed by atoms with E-state index in [-0.39, 0.29) is 0 Å². The van der Waals surface area contributed by atoms with E-state index in [9.17, 15) is 0 Å². The third-order valence-corrected chi connectivity index (χ3v) is 2.02. The lowest BCUT2D eigenvalue weighted by molar-refractivity contribution is 0.191. The molecule has 0 N–H and O–H groups in total. The van der Waals surface area contributed by atoms with E-state index in [0.29, 0.717) is 6.17 Å². The zero-order valence-electron chi connectivity index (χ0n) is 7.94. The number of nitrogens with zero attached hydrogens (tertiary/aromatic N) is 2. The van der Waals surface area contributed by atoms with Crippen LogP contribution in [-0.2, 0) is 0 Å². The maximum Gasteiger partial charge on any atom is 0.100 e. The fourth-order valence-electron chi connectivity index (χ4n) is 1.36. The first-order valence-electron chi connectivity index (χ1n) is 4.08.